The lowest BCUT2D eigenvalue weighted by Gasteiger charge is -2.15. The molecular weight excluding hydrogens is 247 g/mol. The number of primary amides is 1. The molecule has 0 spiro atoms. The van der Waals surface area contributed by atoms with Crippen molar-refractivity contribution in [3.05, 3.63) is 35.4 Å². The Labute approximate surface area is 102 Å². The Bertz CT molecular complexity index is 418. The van der Waals surface area contributed by atoms with Crippen molar-refractivity contribution in [2.24, 2.45) is 5.73 Å². The van der Waals surface area contributed by atoms with Crippen molar-refractivity contribution < 1.29 is 23.1 Å². The van der Waals surface area contributed by atoms with Gasteiger partial charge in [0, 0.05) is 6.61 Å². The van der Waals surface area contributed by atoms with E-state index in [0.717, 1.165) is 12.1 Å². The topological polar surface area (TPSA) is 63.3 Å². The van der Waals surface area contributed by atoms with Gasteiger partial charge in [-0.2, -0.15) is 13.2 Å². The largest absolute Gasteiger partial charge is 0.416 e. The Morgan fingerprint density at radius 3 is 2.56 bits per heavy atom. The van der Waals surface area contributed by atoms with Crippen LogP contribution in [0.2, 0.25) is 0 Å². The SMILES string of the molecule is NC(=O)C(CCCO)c1cccc(C(F)(F)F)c1. The number of halogens is 3. The van der Waals surface area contributed by atoms with Gasteiger partial charge in [-0.1, -0.05) is 18.2 Å². The second kappa shape index (κ2) is 5.86. The molecule has 1 rings (SSSR count). The van der Waals surface area contributed by atoms with Crippen LogP contribution >= 0.6 is 0 Å². The fourth-order valence-corrected chi connectivity index (χ4v) is 1.70. The van der Waals surface area contributed by atoms with Crippen LogP contribution in [0.5, 0.6) is 0 Å². The summed E-state index contributed by atoms with van der Waals surface area (Å²) in [5.74, 6) is -1.50. The van der Waals surface area contributed by atoms with Crippen LogP contribution in [0.4, 0.5) is 13.2 Å². The second-order valence-corrected chi connectivity index (χ2v) is 3.94. The molecular formula is C12H14F3NO2. The number of rotatable bonds is 5. The third kappa shape index (κ3) is 3.73. The molecule has 1 unspecified atom stereocenters. The molecule has 1 amide bonds. The van der Waals surface area contributed by atoms with E-state index < -0.39 is 23.6 Å². The second-order valence-electron chi connectivity index (χ2n) is 3.94. The molecule has 0 aliphatic heterocycles. The Morgan fingerprint density at radius 1 is 1.39 bits per heavy atom. The van der Waals surface area contributed by atoms with Gasteiger partial charge in [-0.05, 0) is 24.5 Å². The van der Waals surface area contributed by atoms with Gasteiger partial charge in [0.05, 0.1) is 11.5 Å². The van der Waals surface area contributed by atoms with Crippen LogP contribution in [0.1, 0.15) is 29.9 Å². The monoisotopic (exact) mass is 261 g/mol. The van der Waals surface area contributed by atoms with E-state index >= 15 is 0 Å². The summed E-state index contributed by atoms with van der Waals surface area (Å²) in [6.45, 7) is -0.136. The van der Waals surface area contributed by atoms with E-state index in [0.29, 0.717) is 6.42 Å². The molecule has 3 N–H and O–H groups in total. The Balaban J connectivity index is 3.02. The molecule has 18 heavy (non-hydrogen) atoms. The minimum absolute atomic E-state index is 0.136. The minimum atomic E-state index is -4.45. The molecule has 100 valence electrons. The number of carbonyl (C=O) groups excluding carboxylic acids is 1. The predicted molar refractivity (Wildman–Crippen MR) is 59.7 cm³/mol. The van der Waals surface area contributed by atoms with Crippen LogP contribution in [0, 0.1) is 0 Å². The van der Waals surface area contributed by atoms with Crippen molar-refractivity contribution in [2.75, 3.05) is 6.61 Å². The standard InChI is InChI=1S/C12H14F3NO2/c13-12(14,15)9-4-1-3-8(7-9)10(11(16)18)5-2-6-17/h1,3-4,7,10,17H,2,5-6H2,(H2,16,18). The van der Waals surface area contributed by atoms with Crippen molar-refractivity contribution in [1.29, 1.82) is 0 Å². The van der Waals surface area contributed by atoms with Crippen LogP contribution in [0.15, 0.2) is 24.3 Å². The Morgan fingerprint density at radius 2 is 2.06 bits per heavy atom. The summed E-state index contributed by atoms with van der Waals surface area (Å²) in [5, 5.41) is 8.70. The van der Waals surface area contributed by atoms with Crippen LogP contribution in [-0.2, 0) is 11.0 Å². The van der Waals surface area contributed by atoms with Crippen molar-refractivity contribution in [1.82, 2.24) is 0 Å². The normalized spacial score (nSPS) is 13.3. The third-order valence-corrected chi connectivity index (χ3v) is 2.61. The maximum absolute atomic E-state index is 12.5. The molecule has 1 atom stereocenters. The van der Waals surface area contributed by atoms with Crippen LogP contribution in [0.25, 0.3) is 0 Å². The highest BCUT2D eigenvalue weighted by molar-refractivity contribution is 5.81. The first-order valence-corrected chi connectivity index (χ1v) is 5.43. The third-order valence-electron chi connectivity index (χ3n) is 2.61. The Kier molecular flexibility index (Phi) is 4.72. The first kappa shape index (κ1) is 14.5. The van der Waals surface area contributed by atoms with Crippen LogP contribution in [-0.4, -0.2) is 17.6 Å². The molecule has 0 aliphatic rings. The highest BCUT2D eigenvalue weighted by Gasteiger charge is 2.31. The smallest absolute Gasteiger partial charge is 0.396 e. The number of aliphatic hydroxyl groups is 1. The fraction of sp³-hybridized carbons (Fsp3) is 0.417. The highest BCUT2D eigenvalue weighted by Crippen LogP contribution is 2.32. The quantitative estimate of drug-likeness (QED) is 0.852. The molecule has 0 fully saturated rings. The van der Waals surface area contributed by atoms with Gasteiger partial charge in [0.15, 0.2) is 0 Å². The van der Waals surface area contributed by atoms with Gasteiger partial charge >= 0.3 is 6.18 Å². The average molecular weight is 261 g/mol. The minimum Gasteiger partial charge on any atom is -0.396 e. The van der Waals surface area contributed by atoms with Gasteiger partial charge in [0.25, 0.3) is 0 Å². The molecule has 0 bridgehead atoms. The predicted octanol–water partition coefficient (Wildman–Crippen LogP) is 2.05. The van der Waals surface area contributed by atoms with Gasteiger partial charge in [-0.3, -0.25) is 4.79 Å². The number of alkyl halides is 3. The summed E-state index contributed by atoms with van der Waals surface area (Å²) in [7, 11) is 0. The Hall–Kier alpha value is -1.56. The van der Waals surface area contributed by atoms with E-state index in [1.54, 1.807) is 0 Å². The molecule has 1 aromatic rings. The molecule has 6 heteroatoms. The van der Waals surface area contributed by atoms with Gasteiger partial charge in [-0.25, -0.2) is 0 Å². The summed E-state index contributed by atoms with van der Waals surface area (Å²) in [6, 6.07) is 4.54. The molecule has 0 heterocycles. The number of nitrogens with two attached hydrogens (primary N) is 1. The highest BCUT2D eigenvalue weighted by atomic mass is 19.4. The van der Waals surface area contributed by atoms with Gasteiger partial charge in [0.1, 0.15) is 0 Å². The first-order chi connectivity index (χ1) is 8.36. The summed E-state index contributed by atoms with van der Waals surface area (Å²) in [5.41, 5.74) is 4.58. The first-order valence-electron chi connectivity index (χ1n) is 5.43. The lowest BCUT2D eigenvalue weighted by molar-refractivity contribution is -0.137. The number of carbonyl (C=O) groups is 1. The molecule has 0 aromatic heterocycles. The fourth-order valence-electron chi connectivity index (χ4n) is 1.70. The number of amides is 1. The molecule has 1 aromatic carbocycles. The lowest BCUT2D eigenvalue weighted by atomic mass is 9.92. The number of aliphatic hydroxyl groups excluding tert-OH is 1. The zero-order valence-corrected chi connectivity index (χ0v) is 9.57. The summed E-state index contributed by atoms with van der Waals surface area (Å²) < 4.78 is 37.6. The molecule has 0 saturated carbocycles. The van der Waals surface area contributed by atoms with Gasteiger partial charge < -0.3 is 10.8 Å². The molecule has 0 saturated heterocycles. The number of hydrogen-bond donors (Lipinski definition) is 2. The molecule has 3 nitrogen and oxygen atoms in total. The summed E-state index contributed by atoms with van der Waals surface area (Å²) in [6.07, 6.45) is -3.91. The van der Waals surface area contributed by atoms with E-state index in [9.17, 15) is 18.0 Å². The molecule has 0 radical (unpaired) electrons. The van der Waals surface area contributed by atoms with Crippen molar-refractivity contribution >= 4 is 5.91 Å². The summed E-state index contributed by atoms with van der Waals surface area (Å²) >= 11 is 0. The maximum atomic E-state index is 12.5. The van der Waals surface area contributed by atoms with Gasteiger partial charge in [-0.15, -0.1) is 0 Å². The molecule has 0 aliphatic carbocycles. The van der Waals surface area contributed by atoms with Crippen molar-refractivity contribution in [3.8, 4) is 0 Å². The van der Waals surface area contributed by atoms with Crippen molar-refractivity contribution in [3.63, 3.8) is 0 Å². The zero-order chi connectivity index (χ0) is 13.8. The number of hydrogen-bond acceptors (Lipinski definition) is 2. The van der Waals surface area contributed by atoms with E-state index in [4.69, 9.17) is 10.8 Å². The van der Waals surface area contributed by atoms with Crippen LogP contribution in [0.3, 0.4) is 0 Å². The van der Waals surface area contributed by atoms with E-state index in [2.05, 4.69) is 0 Å². The lowest BCUT2D eigenvalue weighted by Crippen LogP contribution is -2.22. The van der Waals surface area contributed by atoms with Crippen molar-refractivity contribution in [2.45, 2.75) is 24.9 Å². The number of benzene rings is 1. The van der Waals surface area contributed by atoms with E-state index in [-0.39, 0.29) is 18.6 Å². The summed E-state index contributed by atoms with van der Waals surface area (Å²) in [4.78, 5) is 11.2. The maximum Gasteiger partial charge on any atom is 0.416 e. The van der Waals surface area contributed by atoms with E-state index in [1.807, 2.05) is 0 Å². The van der Waals surface area contributed by atoms with Crippen LogP contribution < -0.4 is 5.73 Å². The van der Waals surface area contributed by atoms with E-state index in [1.165, 1.54) is 12.1 Å². The van der Waals surface area contributed by atoms with Gasteiger partial charge in [0.2, 0.25) is 5.91 Å². The average Bonchev–Trinajstić information content (AvgIpc) is 2.28. The zero-order valence-electron chi connectivity index (χ0n) is 9.57.